The Labute approximate surface area is 294 Å². The maximum absolute atomic E-state index is 13.1. The maximum Gasteiger partial charge on any atom is 0.335 e. The zero-order valence-electron chi connectivity index (χ0n) is 22.3. The van der Waals surface area contributed by atoms with Gasteiger partial charge in [-0.1, -0.05) is 7.43 Å². The molecule has 0 fully saturated rings. The Hall–Kier alpha value is -3.36. The number of nitrogens with one attached hydrogen (secondary N) is 1. The average Bonchev–Trinajstić information content (AvgIpc) is 2.94. The van der Waals surface area contributed by atoms with Crippen LogP contribution in [0.15, 0.2) is 79.4 Å². The number of rotatable bonds is 5. The summed E-state index contributed by atoms with van der Waals surface area (Å²) in [5.74, 6) is -10.7. The molecule has 0 aromatic heterocycles. The first kappa shape index (κ1) is 42.7. The molecule has 21 heteroatoms. The van der Waals surface area contributed by atoms with Gasteiger partial charge in [-0.25, -0.2) is 48.0 Å². The number of carbonyl (C=O) groups is 2. The van der Waals surface area contributed by atoms with E-state index >= 15 is 0 Å². The molecule has 0 spiro atoms. The number of carbonyl (C=O) groups excluding carboxylic acids is 1. The third kappa shape index (κ3) is 12.0. The number of halogens is 10. The van der Waals surface area contributed by atoms with Crippen LogP contribution in [0.4, 0.5) is 37.7 Å². The molecule has 0 saturated heterocycles. The molecule has 4 rings (SSSR count). The number of hydrogen-bond acceptors (Lipinski definition) is 7. The Bertz CT molecular complexity index is 2050. The number of anilines is 2. The quantitative estimate of drug-likeness (QED) is 0.0779. The van der Waals surface area contributed by atoms with Gasteiger partial charge in [0.1, 0.15) is 0 Å². The van der Waals surface area contributed by atoms with Crippen molar-refractivity contribution in [2.24, 2.45) is 0 Å². The molecule has 0 unspecified atom stereocenters. The van der Waals surface area contributed by atoms with E-state index in [4.69, 9.17) is 32.2 Å². The Kier molecular flexibility index (Phi) is 15.4. The average molecular weight is 891 g/mol. The van der Waals surface area contributed by atoms with Gasteiger partial charge in [0, 0.05) is 71.5 Å². The molecule has 4 aromatic carbocycles. The normalized spacial score (nSPS) is 10.8. The summed E-state index contributed by atoms with van der Waals surface area (Å²) < 4.78 is 121. The van der Waals surface area contributed by atoms with Crippen molar-refractivity contribution in [3.63, 3.8) is 0 Å². The smallest absolute Gasteiger partial charge is 0.335 e. The molecule has 4 aromatic rings. The highest BCUT2D eigenvalue weighted by Crippen LogP contribution is 2.28. The molecule has 48 heavy (non-hydrogen) atoms. The molecule has 0 aliphatic heterocycles. The summed E-state index contributed by atoms with van der Waals surface area (Å²) in [7, 11) is 2.29. The van der Waals surface area contributed by atoms with Gasteiger partial charge >= 0.3 is 5.97 Å². The minimum Gasteiger partial charge on any atom is -0.478 e. The van der Waals surface area contributed by atoms with Gasteiger partial charge in [-0.15, -0.1) is 0 Å². The van der Waals surface area contributed by atoms with Crippen molar-refractivity contribution < 1.29 is 57.9 Å². The molecule has 0 heterocycles. The van der Waals surface area contributed by atoms with Crippen LogP contribution in [0.1, 0.15) is 28.1 Å². The Morgan fingerprint density at radius 3 is 1.40 bits per heavy atom. The maximum atomic E-state index is 13.1. The van der Waals surface area contributed by atoms with Crippen molar-refractivity contribution in [3.05, 3.63) is 116 Å². The lowest BCUT2D eigenvalue weighted by molar-refractivity contribution is 0.0696. The van der Waals surface area contributed by atoms with Crippen LogP contribution in [0.25, 0.3) is 0 Å². The van der Waals surface area contributed by atoms with Gasteiger partial charge in [0.05, 0.1) is 15.4 Å². The Morgan fingerprint density at radius 2 is 1.02 bits per heavy atom. The van der Waals surface area contributed by atoms with Crippen LogP contribution in [0, 0.1) is 34.9 Å². The molecular formula is C27H18Br2Cl2F6N2O7S2. The predicted octanol–water partition coefficient (Wildman–Crippen LogP) is 8.44. The number of amides is 1. The van der Waals surface area contributed by atoms with Crippen LogP contribution >= 0.6 is 53.2 Å². The monoisotopic (exact) mass is 888 g/mol. The fraction of sp³-hybridized carbons (Fsp3) is 0.0370. The van der Waals surface area contributed by atoms with Crippen molar-refractivity contribution in [2.45, 2.75) is 17.2 Å². The van der Waals surface area contributed by atoms with Crippen LogP contribution in [-0.2, 0) is 18.1 Å². The molecule has 260 valence electrons. The lowest BCUT2D eigenvalue weighted by Crippen LogP contribution is -2.13. The fourth-order valence-electron chi connectivity index (χ4n) is 3.06. The van der Waals surface area contributed by atoms with Crippen LogP contribution < -0.4 is 11.1 Å². The van der Waals surface area contributed by atoms with Gasteiger partial charge in [0.25, 0.3) is 24.0 Å². The van der Waals surface area contributed by atoms with Crippen LogP contribution in [-0.4, -0.2) is 33.8 Å². The van der Waals surface area contributed by atoms with Crippen LogP contribution in [0.3, 0.4) is 0 Å². The van der Waals surface area contributed by atoms with Gasteiger partial charge in [0.2, 0.25) is 0 Å². The first-order valence-corrected chi connectivity index (χ1v) is 17.8. The third-order valence-electron chi connectivity index (χ3n) is 5.14. The van der Waals surface area contributed by atoms with Crippen LogP contribution in [0.5, 0.6) is 0 Å². The van der Waals surface area contributed by atoms with Crippen molar-refractivity contribution in [1.82, 2.24) is 0 Å². The zero-order valence-corrected chi connectivity index (χ0v) is 28.7. The van der Waals surface area contributed by atoms with Crippen LogP contribution in [0.2, 0.25) is 0 Å². The molecule has 1 amide bonds. The number of hydrogen-bond donors (Lipinski definition) is 3. The van der Waals surface area contributed by atoms with Crippen molar-refractivity contribution >= 4 is 94.6 Å². The van der Waals surface area contributed by atoms with E-state index < -0.39 is 64.9 Å². The summed E-state index contributed by atoms with van der Waals surface area (Å²) in [5.41, 5.74) is 4.26. The SMILES string of the molecule is C.Nc1cc(F)c(F)c(F)c1.O=C(Nc1cc(F)c(F)c(F)c1)c1ccc(Br)c(S(=O)(=O)Cl)c1.O=C(O)c1ccc(Br)c(S(=O)(=O)Cl)c1. The molecule has 4 N–H and O–H groups in total. The number of carboxylic acids is 1. The summed E-state index contributed by atoms with van der Waals surface area (Å²) >= 11 is 5.93. The largest absolute Gasteiger partial charge is 0.478 e. The predicted molar refractivity (Wildman–Crippen MR) is 173 cm³/mol. The third-order valence-corrected chi connectivity index (χ3v) is 9.78. The second-order valence-corrected chi connectivity index (χ2v) is 15.3. The number of nitrogens with two attached hydrogens (primary N) is 1. The number of nitrogen functional groups attached to an aromatic ring is 1. The standard InChI is InChI=1S/C13H6BrClF3NO3S.C7H4BrClO4S.C6H4F3N.CH4/c14-8-2-1-6(3-11(8)23(15,21)22)13(20)19-7-4-9(16)12(18)10(17)5-7;8-5-2-1-4(7(10)11)3-6(5)14(9,12)13;7-4-1-3(10)2-5(8)6(4)9;/h1-5H,(H,19,20);1-3H,(H,10,11);1-2H,10H2;1H4. The highest BCUT2D eigenvalue weighted by atomic mass is 79.9. The number of aromatic carboxylic acids is 1. The summed E-state index contributed by atoms with van der Waals surface area (Å²) in [6, 6.07) is 9.74. The van der Waals surface area contributed by atoms with E-state index in [0.717, 1.165) is 24.3 Å². The molecule has 0 saturated carbocycles. The summed E-state index contributed by atoms with van der Waals surface area (Å²) in [4.78, 5) is 22.0. The van der Waals surface area contributed by atoms with Gasteiger partial charge in [-0.3, -0.25) is 4.79 Å². The summed E-state index contributed by atoms with van der Waals surface area (Å²) in [5, 5.41) is 10.7. The number of carboxylic acid groups (broad SMARTS) is 1. The fourth-order valence-corrected chi connectivity index (χ4v) is 7.30. The van der Waals surface area contributed by atoms with E-state index in [-0.39, 0.29) is 48.7 Å². The topological polar surface area (TPSA) is 161 Å². The minimum atomic E-state index is -4.11. The van der Waals surface area contributed by atoms with Crippen molar-refractivity contribution in [3.8, 4) is 0 Å². The lowest BCUT2D eigenvalue weighted by atomic mass is 10.2. The van der Waals surface area contributed by atoms with E-state index in [1.54, 1.807) is 0 Å². The Balaban J connectivity index is 0.000000392. The molecule has 9 nitrogen and oxygen atoms in total. The first-order valence-electron chi connectivity index (χ1n) is 11.6. The zero-order chi connectivity index (χ0) is 36.0. The molecule has 0 aliphatic carbocycles. The lowest BCUT2D eigenvalue weighted by Gasteiger charge is -2.08. The van der Waals surface area contributed by atoms with Crippen molar-refractivity contribution in [1.29, 1.82) is 0 Å². The van der Waals surface area contributed by atoms with Gasteiger partial charge in [0.15, 0.2) is 34.9 Å². The molecular weight excluding hydrogens is 873 g/mol. The molecule has 0 bridgehead atoms. The van der Waals surface area contributed by atoms with Crippen molar-refractivity contribution in [2.75, 3.05) is 11.1 Å². The first-order chi connectivity index (χ1) is 21.5. The van der Waals surface area contributed by atoms with E-state index in [1.807, 2.05) is 0 Å². The number of benzene rings is 4. The van der Waals surface area contributed by atoms with Gasteiger partial charge < -0.3 is 16.2 Å². The Morgan fingerprint density at radius 1 is 0.667 bits per heavy atom. The van der Waals surface area contributed by atoms with E-state index in [2.05, 4.69) is 37.2 Å². The molecule has 0 atom stereocenters. The van der Waals surface area contributed by atoms with Gasteiger partial charge in [-0.2, -0.15) is 0 Å². The molecule has 0 radical (unpaired) electrons. The second kappa shape index (κ2) is 17.3. The van der Waals surface area contributed by atoms with Gasteiger partial charge in [-0.05, 0) is 68.3 Å². The highest BCUT2D eigenvalue weighted by molar-refractivity contribution is 9.10. The van der Waals surface area contributed by atoms with E-state index in [1.165, 1.54) is 24.3 Å². The summed E-state index contributed by atoms with van der Waals surface area (Å²) in [6.07, 6.45) is 0. The highest BCUT2D eigenvalue weighted by Gasteiger charge is 2.19. The summed E-state index contributed by atoms with van der Waals surface area (Å²) in [6.45, 7) is 0. The van der Waals surface area contributed by atoms with E-state index in [0.29, 0.717) is 12.1 Å². The second-order valence-electron chi connectivity index (χ2n) is 8.48. The minimum absolute atomic E-state index is 0. The molecule has 0 aliphatic rings. The van der Waals surface area contributed by atoms with E-state index in [9.17, 15) is 52.8 Å².